The third-order valence-electron chi connectivity index (χ3n) is 8.40. The monoisotopic (exact) mass is 753 g/mol. The van der Waals surface area contributed by atoms with E-state index in [-0.39, 0.29) is 91.6 Å². The van der Waals surface area contributed by atoms with Crippen LogP contribution in [0.2, 0.25) is 0 Å². The summed E-state index contributed by atoms with van der Waals surface area (Å²) in [7, 11) is 0. The van der Waals surface area contributed by atoms with E-state index in [9.17, 15) is 44.4 Å². The van der Waals surface area contributed by atoms with E-state index in [4.69, 9.17) is 14.2 Å². The number of fused-ring (bicyclic) bond motifs is 1. The predicted octanol–water partition coefficient (Wildman–Crippen LogP) is -6.34. The molecule has 6 atom stereocenters. The first kappa shape index (κ1) is 46.1. The molecule has 15 nitrogen and oxygen atoms in total. The quantitative estimate of drug-likeness (QED) is 0.0640. The Morgan fingerprint density at radius 3 is 2.26 bits per heavy atom. The number of carboxylic acid groups (broad SMARTS) is 2. The molecule has 1 saturated heterocycles. The van der Waals surface area contributed by atoms with Crippen LogP contribution in [0.3, 0.4) is 0 Å². The topological polar surface area (TPSA) is 236 Å². The molecule has 4 rings (SSSR count). The SMILES string of the molecule is CC(=O)N[C@H]1[C@H]([C@H](O)[C@H](O)CNC(=O)c2cccc3ccccc23)O[C@@](OCCCCCC(=O)[O-])(C(=O)[O-])C[C@@H]1NC(=O)OCc1ccccc1.[Na+].[Na+]. The molecule has 1 aliphatic rings. The Bertz CT molecular complexity index is 1680. The molecule has 3 amide bonds. The standard InChI is InChI=1S/C36H43N3O12.2Na/c1-22(40)38-30-27(39-35(48)49-21-23-11-4-2-5-12-23)19-36(34(46)47,50-18-9-3-6-17-29(42)43)51-32(30)31(44)28(41)20-37-33(45)26-16-10-14-24-13-7-8-15-25(24)26;;/h2,4-5,7-8,10-16,27-28,30-32,41,44H,3,6,9,17-21H2,1H3,(H,37,45)(H,38,40)(H,39,48)(H,42,43)(H,46,47);;/q;2*+1/p-2/t27-,28+,30+,31+,32+,36+;;/m0../s1. The van der Waals surface area contributed by atoms with E-state index in [1.807, 2.05) is 18.2 Å². The number of rotatable bonds is 17. The summed E-state index contributed by atoms with van der Waals surface area (Å²) in [6.45, 7) is 0.225. The van der Waals surface area contributed by atoms with E-state index in [0.29, 0.717) is 22.9 Å². The van der Waals surface area contributed by atoms with Crippen molar-refractivity contribution in [1.82, 2.24) is 16.0 Å². The van der Waals surface area contributed by atoms with Crippen LogP contribution >= 0.6 is 0 Å². The molecule has 1 fully saturated rings. The first-order chi connectivity index (χ1) is 24.4. The largest absolute Gasteiger partial charge is 1.00 e. The number of unbranched alkanes of at least 4 members (excludes halogenated alkanes) is 2. The number of aliphatic carboxylic acids is 2. The summed E-state index contributed by atoms with van der Waals surface area (Å²) in [6, 6.07) is 18.3. The summed E-state index contributed by atoms with van der Waals surface area (Å²) in [4.78, 5) is 61.9. The number of ether oxygens (including phenoxy) is 3. The summed E-state index contributed by atoms with van der Waals surface area (Å²) in [5, 5.41) is 55.1. The molecule has 3 aromatic rings. The Morgan fingerprint density at radius 2 is 1.58 bits per heavy atom. The minimum atomic E-state index is -2.61. The molecule has 0 spiro atoms. The second-order valence-electron chi connectivity index (χ2n) is 12.2. The van der Waals surface area contributed by atoms with Gasteiger partial charge in [-0.3, -0.25) is 9.59 Å². The number of hydrogen-bond acceptors (Lipinski definition) is 12. The van der Waals surface area contributed by atoms with E-state index in [2.05, 4.69) is 16.0 Å². The number of amides is 3. The van der Waals surface area contributed by atoms with Crippen LogP contribution in [0.15, 0.2) is 72.8 Å². The van der Waals surface area contributed by atoms with Crippen LogP contribution in [-0.2, 0) is 35.2 Å². The van der Waals surface area contributed by atoms with Gasteiger partial charge in [0.2, 0.25) is 11.7 Å². The number of benzene rings is 3. The first-order valence-corrected chi connectivity index (χ1v) is 16.5. The fourth-order valence-corrected chi connectivity index (χ4v) is 5.87. The Labute approximate surface area is 350 Å². The van der Waals surface area contributed by atoms with Crippen molar-refractivity contribution in [2.24, 2.45) is 0 Å². The van der Waals surface area contributed by atoms with Crippen molar-refractivity contribution >= 4 is 40.6 Å². The van der Waals surface area contributed by atoms with Gasteiger partial charge in [0.25, 0.3) is 5.91 Å². The van der Waals surface area contributed by atoms with Gasteiger partial charge in [0.1, 0.15) is 24.8 Å². The molecular weight excluding hydrogens is 712 g/mol. The number of aliphatic hydroxyl groups is 2. The molecule has 0 aromatic heterocycles. The second-order valence-corrected chi connectivity index (χ2v) is 12.2. The Kier molecular flexibility index (Phi) is 19.4. The number of carbonyl (C=O) groups excluding carboxylic acids is 5. The fraction of sp³-hybridized carbons (Fsp3) is 0.417. The van der Waals surface area contributed by atoms with Gasteiger partial charge in [0.15, 0.2) is 0 Å². The van der Waals surface area contributed by atoms with Crippen molar-refractivity contribution in [3.8, 4) is 0 Å². The molecule has 0 unspecified atom stereocenters. The van der Waals surface area contributed by atoms with Crippen molar-refractivity contribution in [2.75, 3.05) is 13.2 Å². The smallest absolute Gasteiger partial charge is 0.550 e. The van der Waals surface area contributed by atoms with Gasteiger partial charge in [-0.25, -0.2) is 4.79 Å². The summed E-state index contributed by atoms with van der Waals surface area (Å²) in [5.41, 5.74) is 0.966. The van der Waals surface area contributed by atoms with Crippen molar-refractivity contribution in [3.05, 3.63) is 83.9 Å². The number of alkyl carbamates (subject to hydrolysis) is 1. The zero-order valence-corrected chi connectivity index (χ0v) is 33.9. The number of carboxylic acids is 2. The zero-order valence-electron chi connectivity index (χ0n) is 29.9. The van der Waals surface area contributed by atoms with E-state index < -0.39 is 79.0 Å². The van der Waals surface area contributed by atoms with Crippen molar-refractivity contribution < 1.29 is 118 Å². The molecule has 0 bridgehead atoms. The predicted molar refractivity (Wildman–Crippen MR) is 176 cm³/mol. The molecule has 5 N–H and O–H groups in total. The summed E-state index contributed by atoms with van der Waals surface area (Å²) in [6.07, 6.45) is -6.55. The van der Waals surface area contributed by atoms with E-state index in [0.717, 1.165) is 12.3 Å². The zero-order chi connectivity index (χ0) is 37.0. The third-order valence-corrected chi connectivity index (χ3v) is 8.40. The molecule has 17 heteroatoms. The third kappa shape index (κ3) is 13.3. The van der Waals surface area contributed by atoms with Gasteiger partial charge in [0.05, 0.1) is 24.8 Å². The molecular formula is C36H41N3Na2O12. The second kappa shape index (κ2) is 22.3. The summed E-state index contributed by atoms with van der Waals surface area (Å²) in [5.74, 6) is -6.93. The summed E-state index contributed by atoms with van der Waals surface area (Å²) < 4.78 is 16.8. The van der Waals surface area contributed by atoms with Gasteiger partial charge in [0, 0.05) is 31.4 Å². The Morgan fingerprint density at radius 1 is 0.906 bits per heavy atom. The average Bonchev–Trinajstić information content (AvgIpc) is 3.11. The van der Waals surface area contributed by atoms with E-state index in [1.54, 1.807) is 54.6 Å². The maximum atomic E-state index is 13.1. The van der Waals surface area contributed by atoms with E-state index >= 15 is 0 Å². The maximum Gasteiger partial charge on any atom is 1.00 e. The molecule has 0 aliphatic carbocycles. The molecule has 3 aromatic carbocycles. The van der Waals surface area contributed by atoms with Crippen LogP contribution in [-0.4, -0.2) is 89.4 Å². The molecule has 0 saturated carbocycles. The minimum absolute atomic E-state index is 0. The van der Waals surface area contributed by atoms with Crippen molar-refractivity contribution in [3.63, 3.8) is 0 Å². The maximum absolute atomic E-state index is 13.1. The van der Waals surface area contributed by atoms with Gasteiger partial charge < -0.3 is 60.2 Å². The average molecular weight is 754 g/mol. The van der Waals surface area contributed by atoms with Gasteiger partial charge in [-0.15, -0.1) is 0 Å². The number of nitrogens with one attached hydrogen (secondary N) is 3. The molecule has 1 aliphatic heterocycles. The van der Waals surface area contributed by atoms with Gasteiger partial charge in [-0.05, 0) is 41.7 Å². The van der Waals surface area contributed by atoms with E-state index in [1.165, 1.54) is 0 Å². The van der Waals surface area contributed by atoms with Crippen molar-refractivity contribution in [1.29, 1.82) is 0 Å². The molecule has 0 radical (unpaired) electrons. The Balaban J connectivity index is 0.00000486. The van der Waals surface area contributed by atoms with Crippen LogP contribution in [0.5, 0.6) is 0 Å². The Hall–Kier alpha value is -3.09. The minimum Gasteiger partial charge on any atom is -0.550 e. The normalized spacial score (nSPS) is 20.4. The number of carbonyl (C=O) groups is 5. The summed E-state index contributed by atoms with van der Waals surface area (Å²) >= 11 is 0. The molecule has 1 heterocycles. The van der Waals surface area contributed by atoms with Crippen LogP contribution in [0, 0.1) is 0 Å². The van der Waals surface area contributed by atoms with Gasteiger partial charge in [-0.1, -0.05) is 73.2 Å². The van der Waals surface area contributed by atoms with Crippen LogP contribution in [0.25, 0.3) is 10.8 Å². The van der Waals surface area contributed by atoms with Crippen LogP contribution in [0.4, 0.5) is 4.79 Å². The number of hydrogen-bond donors (Lipinski definition) is 5. The number of aliphatic hydroxyl groups excluding tert-OH is 2. The van der Waals surface area contributed by atoms with Crippen LogP contribution < -0.4 is 85.3 Å². The van der Waals surface area contributed by atoms with Gasteiger partial charge >= 0.3 is 65.2 Å². The molecule has 53 heavy (non-hydrogen) atoms. The van der Waals surface area contributed by atoms with Crippen LogP contribution in [0.1, 0.15) is 54.9 Å². The molecule has 274 valence electrons. The van der Waals surface area contributed by atoms with Gasteiger partial charge in [-0.2, -0.15) is 0 Å². The fourth-order valence-electron chi connectivity index (χ4n) is 5.87. The van der Waals surface area contributed by atoms with Crippen molar-refractivity contribution in [2.45, 2.75) is 81.8 Å². The first-order valence-electron chi connectivity index (χ1n) is 16.5.